The van der Waals surface area contributed by atoms with E-state index in [1.165, 1.54) is 38.6 Å². The van der Waals surface area contributed by atoms with Crippen molar-refractivity contribution in [3.8, 4) is 0 Å². The van der Waals surface area contributed by atoms with Crippen LogP contribution in [0.3, 0.4) is 0 Å². The molecule has 1 aliphatic carbocycles. The van der Waals surface area contributed by atoms with Crippen molar-refractivity contribution in [2.45, 2.75) is 58.9 Å². The van der Waals surface area contributed by atoms with Crippen LogP contribution in [0.4, 0.5) is 0 Å². The third-order valence-electron chi connectivity index (χ3n) is 5.31. The third-order valence-corrected chi connectivity index (χ3v) is 5.31. The molecule has 1 saturated carbocycles. The van der Waals surface area contributed by atoms with Gasteiger partial charge >= 0.3 is 0 Å². The topological polar surface area (TPSA) is 3.24 Å². The zero-order chi connectivity index (χ0) is 11.7. The Balaban J connectivity index is 2.00. The summed E-state index contributed by atoms with van der Waals surface area (Å²) in [6.45, 7) is 8.65. The summed E-state index contributed by atoms with van der Waals surface area (Å²) in [6, 6.07) is 0.900. The SMILES string of the molecule is CC(C)C1CCC(C)C(C2CCCN2C)C1. The highest BCUT2D eigenvalue weighted by atomic mass is 15.1. The molecule has 94 valence electrons. The first-order chi connectivity index (χ1) is 7.59. The molecule has 0 amide bonds. The second kappa shape index (κ2) is 5.08. The van der Waals surface area contributed by atoms with E-state index in [1.54, 1.807) is 0 Å². The highest BCUT2D eigenvalue weighted by Crippen LogP contribution is 2.42. The summed E-state index contributed by atoms with van der Waals surface area (Å²) in [6.07, 6.45) is 7.32. The highest BCUT2D eigenvalue weighted by Gasteiger charge is 2.37. The van der Waals surface area contributed by atoms with Crippen LogP contribution in [0, 0.1) is 23.7 Å². The Morgan fingerprint density at radius 3 is 2.44 bits per heavy atom. The van der Waals surface area contributed by atoms with Crippen LogP contribution in [0.1, 0.15) is 52.9 Å². The fourth-order valence-electron chi connectivity index (χ4n) is 4.01. The van der Waals surface area contributed by atoms with Crippen LogP contribution in [0.25, 0.3) is 0 Å². The predicted molar refractivity (Wildman–Crippen MR) is 70.5 cm³/mol. The summed E-state index contributed by atoms with van der Waals surface area (Å²) >= 11 is 0. The molecule has 0 aromatic heterocycles. The van der Waals surface area contributed by atoms with Crippen molar-refractivity contribution in [1.82, 2.24) is 4.90 Å². The van der Waals surface area contributed by atoms with E-state index in [0.717, 1.165) is 29.7 Å². The zero-order valence-corrected chi connectivity index (χ0v) is 11.6. The zero-order valence-electron chi connectivity index (χ0n) is 11.6. The van der Waals surface area contributed by atoms with Crippen molar-refractivity contribution in [3.63, 3.8) is 0 Å². The molecule has 1 nitrogen and oxygen atoms in total. The van der Waals surface area contributed by atoms with E-state index in [0.29, 0.717) is 0 Å². The minimum Gasteiger partial charge on any atom is -0.303 e. The van der Waals surface area contributed by atoms with Gasteiger partial charge in [0.1, 0.15) is 0 Å². The first-order valence-corrected chi connectivity index (χ1v) is 7.29. The molecule has 1 heteroatoms. The molecule has 2 aliphatic rings. The number of hydrogen-bond donors (Lipinski definition) is 0. The van der Waals surface area contributed by atoms with Crippen LogP contribution >= 0.6 is 0 Å². The summed E-state index contributed by atoms with van der Waals surface area (Å²) in [5.74, 6) is 3.83. The van der Waals surface area contributed by atoms with Crippen LogP contribution in [-0.2, 0) is 0 Å². The van der Waals surface area contributed by atoms with Gasteiger partial charge in [-0.2, -0.15) is 0 Å². The molecule has 2 rings (SSSR count). The lowest BCUT2D eigenvalue weighted by molar-refractivity contribution is 0.0889. The molecule has 0 bridgehead atoms. The summed E-state index contributed by atoms with van der Waals surface area (Å²) < 4.78 is 0. The molecule has 0 spiro atoms. The maximum Gasteiger partial charge on any atom is 0.0124 e. The molecule has 0 radical (unpaired) electrons. The Kier molecular flexibility index (Phi) is 3.94. The lowest BCUT2D eigenvalue weighted by atomic mass is 9.68. The van der Waals surface area contributed by atoms with E-state index in [4.69, 9.17) is 0 Å². The van der Waals surface area contributed by atoms with Crippen molar-refractivity contribution >= 4 is 0 Å². The molecule has 1 saturated heterocycles. The predicted octanol–water partition coefficient (Wildman–Crippen LogP) is 3.79. The van der Waals surface area contributed by atoms with Crippen molar-refractivity contribution in [2.75, 3.05) is 13.6 Å². The molecule has 0 N–H and O–H groups in total. The number of likely N-dealkylation sites (tertiary alicyclic amines) is 1. The Bertz CT molecular complexity index is 223. The van der Waals surface area contributed by atoms with Gasteiger partial charge in [0, 0.05) is 6.04 Å². The van der Waals surface area contributed by atoms with E-state index >= 15 is 0 Å². The number of rotatable bonds is 2. The van der Waals surface area contributed by atoms with Crippen LogP contribution in [-0.4, -0.2) is 24.5 Å². The first-order valence-electron chi connectivity index (χ1n) is 7.29. The van der Waals surface area contributed by atoms with E-state index in [2.05, 4.69) is 32.7 Å². The monoisotopic (exact) mass is 223 g/mol. The lowest BCUT2D eigenvalue weighted by Gasteiger charge is -2.41. The van der Waals surface area contributed by atoms with Gasteiger partial charge in [-0.3, -0.25) is 0 Å². The Morgan fingerprint density at radius 1 is 1.12 bits per heavy atom. The Morgan fingerprint density at radius 2 is 1.88 bits per heavy atom. The second-order valence-electron chi connectivity index (χ2n) is 6.65. The number of hydrogen-bond acceptors (Lipinski definition) is 1. The largest absolute Gasteiger partial charge is 0.303 e. The summed E-state index contributed by atoms with van der Waals surface area (Å²) in [5, 5.41) is 0. The second-order valence-corrected chi connectivity index (χ2v) is 6.65. The fourth-order valence-corrected chi connectivity index (χ4v) is 4.01. The minimum atomic E-state index is 0.890. The van der Waals surface area contributed by atoms with Crippen LogP contribution in [0.15, 0.2) is 0 Å². The molecule has 0 aromatic rings. The number of nitrogens with zero attached hydrogens (tertiary/aromatic N) is 1. The van der Waals surface area contributed by atoms with Gasteiger partial charge in [0.25, 0.3) is 0 Å². The van der Waals surface area contributed by atoms with Crippen molar-refractivity contribution < 1.29 is 0 Å². The van der Waals surface area contributed by atoms with Crippen molar-refractivity contribution in [3.05, 3.63) is 0 Å². The van der Waals surface area contributed by atoms with E-state index < -0.39 is 0 Å². The molecular formula is C15H29N. The summed E-state index contributed by atoms with van der Waals surface area (Å²) in [4.78, 5) is 2.63. The first kappa shape index (κ1) is 12.4. The lowest BCUT2D eigenvalue weighted by Crippen LogP contribution is -2.40. The Labute approximate surface area is 102 Å². The quantitative estimate of drug-likeness (QED) is 0.688. The van der Waals surface area contributed by atoms with Crippen molar-refractivity contribution in [2.24, 2.45) is 23.7 Å². The van der Waals surface area contributed by atoms with E-state index in [1.807, 2.05) is 0 Å². The molecule has 1 heterocycles. The smallest absolute Gasteiger partial charge is 0.0124 e. The molecule has 1 aliphatic heterocycles. The molecule has 16 heavy (non-hydrogen) atoms. The summed E-state index contributed by atoms with van der Waals surface area (Å²) in [5.41, 5.74) is 0. The average molecular weight is 223 g/mol. The normalized spacial score (nSPS) is 41.8. The van der Waals surface area contributed by atoms with E-state index in [9.17, 15) is 0 Å². The maximum atomic E-state index is 2.63. The van der Waals surface area contributed by atoms with Gasteiger partial charge in [-0.15, -0.1) is 0 Å². The molecule has 4 atom stereocenters. The fraction of sp³-hybridized carbons (Fsp3) is 1.00. The minimum absolute atomic E-state index is 0.890. The van der Waals surface area contributed by atoms with Crippen molar-refractivity contribution in [1.29, 1.82) is 0 Å². The standard InChI is InChI=1S/C15H29N/c1-11(2)13-8-7-12(3)14(10-13)15-6-5-9-16(15)4/h11-15H,5-10H2,1-4H3. The van der Waals surface area contributed by atoms with Gasteiger partial charge in [0.2, 0.25) is 0 Å². The van der Waals surface area contributed by atoms with Gasteiger partial charge in [0.15, 0.2) is 0 Å². The van der Waals surface area contributed by atoms with Gasteiger partial charge in [-0.25, -0.2) is 0 Å². The highest BCUT2D eigenvalue weighted by molar-refractivity contribution is 4.90. The molecule has 4 unspecified atom stereocenters. The molecular weight excluding hydrogens is 194 g/mol. The summed E-state index contributed by atoms with van der Waals surface area (Å²) in [7, 11) is 2.34. The third kappa shape index (κ3) is 2.45. The van der Waals surface area contributed by atoms with Gasteiger partial charge in [-0.1, -0.05) is 27.2 Å². The molecule has 2 fully saturated rings. The van der Waals surface area contributed by atoms with Gasteiger partial charge < -0.3 is 4.90 Å². The van der Waals surface area contributed by atoms with Crippen LogP contribution < -0.4 is 0 Å². The van der Waals surface area contributed by atoms with Gasteiger partial charge in [-0.05, 0) is 62.9 Å². The maximum absolute atomic E-state index is 2.63. The van der Waals surface area contributed by atoms with Crippen LogP contribution in [0.2, 0.25) is 0 Å². The van der Waals surface area contributed by atoms with Gasteiger partial charge in [0.05, 0.1) is 0 Å². The average Bonchev–Trinajstić information content (AvgIpc) is 2.65. The van der Waals surface area contributed by atoms with E-state index in [-0.39, 0.29) is 0 Å². The molecule has 0 aromatic carbocycles. The van der Waals surface area contributed by atoms with Crippen LogP contribution in [0.5, 0.6) is 0 Å². The Hall–Kier alpha value is -0.0400.